The van der Waals surface area contributed by atoms with Crippen LogP contribution in [0.4, 0.5) is 0 Å². The number of hydrogen-bond donors (Lipinski definition) is 1. The first kappa shape index (κ1) is 8.57. The van der Waals surface area contributed by atoms with Crippen molar-refractivity contribution in [1.29, 1.82) is 0 Å². The van der Waals surface area contributed by atoms with Gasteiger partial charge in [-0.25, -0.2) is 0 Å². The fourth-order valence-corrected chi connectivity index (χ4v) is 1.67. The van der Waals surface area contributed by atoms with E-state index in [2.05, 4.69) is 24.4 Å². The Balaban J connectivity index is 2.07. The lowest BCUT2D eigenvalue weighted by atomic mass is 10.1. The van der Waals surface area contributed by atoms with Crippen molar-refractivity contribution in [2.75, 3.05) is 7.11 Å². The van der Waals surface area contributed by atoms with Crippen molar-refractivity contribution in [3.8, 4) is 5.75 Å². The molecule has 1 aliphatic rings. The summed E-state index contributed by atoms with van der Waals surface area (Å²) in [7, 11) is 1.69. The number of nitrogens with one attached hydrogen (secondary N) is 1. The van der Waals surface area contributed by atoms with Crippen molar-refractivity contribution in [2.24, 2.45) is 0 Å². The molecule has 1 fully saturated rings. The van der Waals surface area contributed by atoms with Crippen LogP contribution in [0.25, 0.3) is 0 Å². The van der Waals surface area contributed by atoms with Gasteiger partial charge < -0.3 is 10.1 Å². The quantitative estimate of drug-likeness (QED) is 0.717. The van der Waals surface area contributed by atoms with Crippen LogP contribution in [0.5, 0.6) is 5.75 Å². The smallest absolute Gasteiger partial charge is 0.118 e. The van der Waals surface area contributed by atoms with Gasteiger partial charge in [-0.1, -0.05) is 19.1 Å². The average Bonchev–Trinajstić information content (AvgIpc) is 2.97. The number of rotatable bonds is 3. The minimum Gasteiger partial charge on any atom is -0.497 e. The van der Waals surface area contributed by atoms with Gasteiger partial charge in [0, 0.05) is 12.1 Å². The molecule has 0 unspecified atom stereocenters. The second-order valence-corrected chi connectivity index (χ2v) is 3.43. The van der Waals surface area contributed by atoms with Gasteiger partial charge in [-0.3, -0.25) is 0 Å². The van der Waals surface area contributed by atoms with Gasteiger partial charge in [-0.15, -0.1) is 0 Å². The minimum absolute atomic E-state index is 0.580. The molecule has 1 N–H and O–H groups in total. The van der Waals surface area contributed by atoms with E-state index in [4.69, 9.17) is 4.74 Å². The molecule has 2 nitrogen and oxygen atoms in total. The summed E-state index contributed by atoms with van der Waals surface area (Å²) in [5.74, 6) is 0.928. The lowest BCUT2D eigenvalue weighted by Gasteiger charge is -2.00. The molecule has 13 heavy (non-hydrogen) atoms. The topological polar surface area (TPSA) is 31.2 Å². The van der Waals surface area contributed by atoms with Gasteiger partial charge in [0.15, 0.2) is 0 Å². The second kappa shape index (κ2) is 3.38. The van der Waals surface area contributed by atoms with E-state index >= 15 is 0 Å². The highest BCUT2D eigenvalue weighted by atomic mass is 16.5. The Morgan fingerprint density at radius 1 is 1.31 bits per heavy atom. The molecule has 1 saturated heterocycles. The molecule has 0 radical (unpaired) electrons. The molecule has 1 aromatic carbocycles. The number of methoxy groups -OCH3 is 1. The molecule has 0 saturated carbocycles. The van der Waals surface area contributed by atoms with Crippen molar-refractivity contribution in [1.82, 2.24) is 5.32 Å². The fraction of sp³-hybridized carbons (Fsp3) is 0.455. The number of benzene rings is 1. The summed E-state index contributed by atoms with van der Waals surface area (Å²) in [4.78, 5) is 0. The summed E-state index contributed by atoms with van der Waals surface area (Å²) in [5, 5.41) is 3.43. The highest BCUT2D eigenvalue weighted by Crippen LogP contribution is 2.32. The Morgan fingerprint density at radius 2 is 2.00 bits per heavy atom. The molecule has 0 bridgehead atoms. The first-order valence-electron chi connectivity index (χ1n) is 4.75. The van der Waals surface area contributed by atoms with Gasteiger partial charge in [-0.05, 0) is 24.1 Å². The van der Waals surface area contributed by atoms with Gasteiger partial charge in [-0.2, -0.15) is 0 Å². The largest absolute Gasteiger partial charge is 0.497 e. The van der Waals surface area contributed by atoms with E-state index in [-0.39, 0.29) is 0 Å². The standard InChI is InChI=1S/C11H15NO/c1-3-10-11(12-10)8-4-6-9(13-2)7-5-8/h4-7,10-12H,3H2,1-2H3/t10-,11-/m1/s1. The fourth-order valence-electron chi connectivity index (χ4n) is 1.67. The van der Waals surface area contributed by atoms with Crippen LogP contribution in [0.3, 0.4) is 0 Å². The van der Waals surface area contributed by atoms with Crippen LogP contribution >= 0.6 is 0 Å². The number of ether oxygens (including phenoxy) is 1. The van der Waals surface area contributed by atoms with E-state index in [1.54, 1.807) is 7.11 Å². The molecule has 2 heteroatoms. The molecule has 1 heterocycles. The van der Waals surface area contributed by atoms with E-state index in [0.29, 0.717) is 12.1 Å². The zero-order valence-electron chi connectivity index (χ0n) is 8.08. The van der Waals surface area contributed by atoms with Crippen molar-refractivity contribution in [3.05, 3.63) is 29.8 Å². The maximum Gasteiger partial charge on any atom is 0.118 e. The molecule has 0 amide bonds. The van der Waals surface area contributed by atoms with Crippen LogP contribution in [0.1, 0.15) is 24.9 Å². The molecular weight excluding hydrogens is 162 g/mol. The summed E-state index contributed by atoms with van der Waals surface area (Å²) < 4.78 is 5.10. The van der Waals surface area contributed by atoms with Gasteiger partial charge in [0.1, 0.15) is 5.75 Å². The highest BCUT2D eigenvalue weighted by molar-refractivity contribution is 5.32. The zero-order valence-corrected chi connectivity index (χ0v) is 8.08. The Hall–Kier alpha value is -1.02. The molecule has 1 aliphatic heterocycles. The van der Waals surface area contributed by atoms with E-state index in [0.717, 1.165) is 5.75 Å². The van der Waals surface area contributed by atoms with Crippen molar-refractivity contribution in [2.45, 2.75) is 25.4 Å². The summed E-state index contributed by atoms with van der Waals surface area (Å²) in [5.41, 5.74) is 1.37. The molecule has 0 aromatic heterocycles. The molecule has 70 valence electrons. The van der Waals surface area contributed by atoms with E-state index < -0.39 is 0 Å². The maximum absolute atomic E-state index is 5.10. The zero-order chi connectivity index (χ0) is 9.26. The number of hydrogen-bond acceptors (Lipinski definition) is 2. The van der Waals surface area contributed by atoms with Gasteiger partial charge in [0.25, 0.3) is 0 Å². The van der Waals surface area contributed by atoms with Crippen molar-refractivity contribution < 1.29 is 4.74 Å². The SMILES string of the molecule is CC[C@H]1N[C@@H]1c1ccc(OC)cc1. The van der Waals surface area contributed by atoms with E-state index in [1.165, 1.54) is 12.0 Å². The van der Waals surface area contributed by atoms with Crippen LogP contribution in [-0.2, 0) is 0 Å². The summed E-state index contributed by atoms with van der Waals surface area (Å²) in [6.45, 7) is 2.21. The van der Waals surface area contributed by atoms with Crippen LogP contribution in [0.15, 0.2) is 24.3 Å². The van der Waals surface area contributed by atoms with Crippen LogP contribution < -0.4 is 10.1 Å². The Labute approximate surface area is 78.9 Å². The minimum atomic E-state index is 0.580. The Bertz CT molecular complexity index is 281. The third-order valence-electron chi connectivity index (χ3n) is 2.60. The first-order chi connectivity index (χ1) is 6.35. The van der Waals surface area contributed by atoms with Crippen LogP contribution in [-0.4, -0.2) is 13.2 Å². The first-order valence-corrected chi connectivity index (χ1v) is 4.75. The van der Waals surface area contributed by atoms with E-state index in [9.17, 15) is 0 Å². The van der Waals surface area contributed by atoms with Gasteiger partial charge >= 0.3 is 0 Å². The lowest BCUT2D eigenvalue weighted by molar-refractivity contribution is 0.414. The van der Waals surface area contributed by atoms with Gasteiger partial charge in [0.05, 0.1) is 7.11 Å². The van der Waals surface area contributed by atoms with Crippen LogP contribution in [0.2, 0.25) is 0 Å². The van der Waals surface area contributed by atoms with Crippen molar-refractivity contribution >= 4 is 0 Å². The monoisotopic (exact) mass is 177 g/mol. The summed E-state index contributed by atoms with van der Waals surface area (Å²) >= 11 is 0. The second-order valence-electron chi connectivity index (χ2n) is 3.43. The molecule has 2 rings (SSSR count). The molecular formula is C11H15NO. The Kier molecular flexibility index (Phi) is 2.23. The maximum atomic E-state index is 5.10. The molecule has 0 aliphatic carbocycles. The highest BCUT2D eigenvalue weighted by Gasteiger charge is 2.35. The molecule has 0 spiro atoms. The van der Waals surface area contributed by atoms with Gasteiger partial charge in [0.2, 0.25) is 0 Å². The van der Waals surface area contributed by atoms with Crippen LogP contribution in [0, 0.1) is 0 Å². The average molecular weight is 177 g/mol. The Morgan fingerprint density at radius 3 is 2.46 bits per heavy atom. The third kappa shape index (κ3) is 1.68. The van der Waals surface area contributed by atoms with Crippen molar-refractivity contribution in [3.63, 3.8) is 0 Å². The summed E-state index contributed by atoms with van der Waals surface area (Å²) in [6.07, 6.45) is 1.21. The predicted molar refractivity (Wildman–Crippen MR) is 52.9 cm³/mol. The third-order valence-corrected chi connectivity index (χ3v) is 2.60. The molecule has 1 aromatic rings. The normalized spacial score (nSPS) is 25.7. The predicted octanol–water partition coefficient (Wildman–Crippen LogP) is 2.12. The molecule has 2 atom stereocenters. The summed E-state index contributed by atoms with van der Waals surface area (Å²) in [6, 6.07) is 9.56. The van der Waals surface area contributed by atoms with E-state index in [1.807, 2.05) is 12.1 Å². The lowest BCUT2D eigenvalue weighted by Crippen LogP contribution is -1.87.